The number of esters is 3. The number of thioether (sulfide) groups is 1. The Hall–Kier alpha value is -3.26. The van der Waals surface area contributed by atoms with Crippen molar-refractivity contribution in [3.8, 4) is 0 Å². The molecule has 0 radical (unpaired) electrons. The number of carbonyl (C=O) groups excluding carboxylic acids is 3. The third kappa shape index (κ3) is 4.96. The Bertz CT molecular complexity index is 1070. The average molecular weight is 456 g/mol. The third-order valence-corrected chi connectivity index (χ3v) is 5.61. The molecule has 0 aliphatic carbocycles. The van der Waals surface area contributed by atoms with Gasteiger partial charge in [0.15, 0.2) is 5.57 Å². The van der Waals surface area contributed by atoms with E-state index in [1.54, 1.807) is 31.1 Å². The van der Waals surface area contributed by atoms with Crippen LogP contribution in [0.3, 0.4) is 0 Å². The van der Waals surface area contributed by atoms with Crippen LogP contribution < -0.4 is 4.90 Å². The zero-order chi connectivity index (χ0) is 23.1. The molecule has 0 saturated carbocycles. The lowest BCUT2D eigenvalue weighted by Gasteiger charge is -2.26. The number of fused-ring (bicyclic) bond motifs is 1. The van der Waals surface area contributed by atoms with Crippen LogP contribution in [0.25, 0.3) is 10.8 Å². The van der Waals surface area contributed by atoms with E-state index in [1.165, 1.54) is 11.8 Å². The fraction of sp³-hybridized carbons (Fsp3) is 0.292. The summed E-state index contributed by atoms with van der Waals surface area (Å²) in [5.41, 5.74) is 1.11. The Kier molecular flexibility index (Phi) is 7.94. The van der Waals surface area contributed by atoms with E-state index in [0.29, 0.717) is 10.7 Å². The third-order valence-electron chi connectivity index (χ3n) is 4.61. The number of hydrogen-bond acceptors (Lipinski definition) is 8. The molecule has 168 valence electrons. The standard InChI is InChI=1S/C24H25NO6S/c1-4-29-20(26)14-17-15-32-22(21(23(27)30-5-2)24(28)31-6-3)25(17)19-13-9-11-16-10-7-8-12-18(16)19/h7-13,15H,4-6,14H2,1-3H3. The lowest BCUT2D eigenvalue weighted by atomic mass is 10.1. The maximum Gasteiger partial charge on any atom is 0.348 e. The fourth-order valence-electron chi connectivity index (χ4n) is 3.34. The summed E-state index contributed by atoms with van der Waals surface area (Å²) >= 11 is 1.17. The normalized spacial score (nSPS) is 13.0. The van der Waals surface area contributed by atoms with Crippen LogP contribution in [0.15, 0.2) is 64.2 Å². The molecular formula is C24H25NO6S. The highest BCUT2D eigenvalue weighted by Crippen LogP contribution is 2.44. The van der Waals surface area contributed by atoms with Gasteiger partial charge in [-0.05, 0) is 37.6 Å². The van der Waals surface area contributed by atoms with Crippen molar-refractivity contribution in [1.29, 1.82) is 0 Å². The van der Waals surface area contributed by atoms with Crippen LogP contribution in [-0.4, -0.2) is 37.7 Å². The Labute approximate surface area is 191 Å². The Morgan fingerprint density at radius 1 is 0.844 bits per heavy atom. The molecule has 0 amide bonds. The summed E-state index contributed by atoms with van der Waals surface area (Å²) in [6.45, 7) is 5.55. The van der Waals surface area contributed by atoms with E-state index in [-0.39, 0.29) is 31.8 Å². The summed E-state index contributed by atoms with van der Waals surface area (Å²) in [6, 6.07) is 13.5. The molecule has 1 heterocycles. The van der Waals surface area contributed by atoms with E-state index in [0.717, 1.165) is 16.5 Å². The monoisotopic (exact) mass is 455 g/mol. The summed E-state index contributed by atoms with van der Waals surface area (Å²) in [5, 5.41) is 3.95. The van der Waals surface area contributed by atoms with Gasteiger partial charge in [-0.25, -0.2) is 9.59 Å². The molecule has 0 saturated heterocycles. The van der Waals surface area contributed by atoms with Gasteiger partial charge in [0.2, 0.25) is 0 Å². The molecule has 0 N–H and O–H groups in total. The maximum absolute atomic E-state index is 12.8. The topological polar surface area (TPSA) is 82.1 Å². The second kappa shape index (κ2) is 10.9. The van der Waals surface area contributed by atoms with Gasteiger partial charge in [-0.3, -0.25) is 4.79 Å². The highest BCUT2D eigenvalue weighted by Gasteiger charge is 2.35. The molecule has 0 fully saturated rings. The lowest BCUT2D eigenvalue weighted by Crippen LogP contribution is -2.27. The van der Waals surface area contributed by atoms with Crippen LogP contribution in [0.4, 0.5) is 5.69 Å². The molecule has 7 nitrogen and oxygen atoms in total. The summed E-state index contributed by atoms with van der Waals surface area (Å²) in [5.74, 6) is -1.95. The second-order valence-corrected chi connectivity index (χ2v) is 7.52. The second-order valence-electron chi connectivity index (χ2n) is 6.66. The van der Waals surface area contributed by atoms with Crippen LogP contribution in [0.5, 0.6) is 0 Å². The van der Waals surface area contributed by atoms with Crippen molar-refractivity contribution in [1.82, 2.24) is 0 Å². The Morgan fingerprint density at radius 3 is 2.12 bits per heavy atom. The summed E-state index contributed by atoms with van der Waals surface area (Å²) < 4.78 is 15.4. The van der Waals surface area contributed by atoms with Gasteiger partial charge < -0.3 is 19.1 Å². The summed E-state index contributed by atoms with van der Waals surface area (Å²) in [6.07, 6.45) is -0.0213. The fourth-order valence-corrected chi connectivity index (χ4v) is 4.38. The van der Waals surface area contributed by atoms with Crippen molar-refractivity contribution in [2.45, 2.75) is 27.2 Å². The predicted octanol–water partition coefficient (Wildman–Crippen LogP) is 4.53. The molecule has 0 spiro atoms. The quantitative estimate of drug-likeness (QED) is 0.189. The molecule has 0 aromatic heterocycles. The van der Waals surface area contributed by atoms with E-state index in [9.17, 15) is 14.4 Å². The highest BCUT2D eigenvalue weighted by molar-refractivity contribution is 8.06. The molecule has 32 heavy (non-hydrogen) atoms. The molecule has 1 aliphatic heterocycles. The first kappa shape index (κ1) is 23.4. The van der Waals surface area contributed by atoms with Gasteiger partial charge in [0.25, 0.3) is 0 Å². The molecular weight excluding hydrogens is 430 g/mol. The van der Waals surface area contributed by atoms with E-state index >= 15 is 0 Å². The smallest absolute Gasteiger partial charge is 0.348 e. The van der Waals surface area contributed by atoms with Gasteiger partial charge in [0.05, 0.1) is 31.9 Å². The van der Waals surface area contributed by atoms with Crippen molar-refractivity contribution >= 4 is 46.1 Å². The Balaban J connectivity index is 2.20. The number of benzene rings is 2. The van der Waals surface area contributed by atoms with Gasteiger partial charge in [-0.15, -0.1) is 0 Å². The van der Waals surface area contributed by atoms with E-state index in [1.807, 2.05) is 42.5 Å². The zero-order valence-electron chi connectivity index (χ0n) is 18.3. The minimum Gasteiger partial charge on any atom is -0.466 e. The minimum absolute atomic E-state index is 0.0213. The number of ether oxygens (including phenoxy) is 3. The minimum atomic E-state index is -0.774. The predicted molar refractivity (Wildman–Crippen MR) is 124 cm³/mol. The molecule has 0 atom stereocenters. The molecule has 8 heteroatoms. The first-order valence-corrected chi connectivity index (χ1v) is 11.3. The zero-order valence-corrected chi connectivity index (χ0v) is 19.1. The molecule has 0 bridgehead atoms. The SMILES string of the molecule is CCOC(=O)CC1=CSC(=C(C(=O)OCC)C(=O)OCC)N1c1cccc2ccccc12. The first-order chi connectivity index (χ1) is 15.5. The van der Waals surface area contributed by atoms with E-state index in [4.69, 9.17) is 14.2 Å². The molecule has 1 aliphatic rings. The van der Waals surface area contributed by atoms with Crippen LogP contribution in [-0.2, 0) is 28.6 Å². The Morgan fingerprint density at radius 2 is 1.47 bits per heavy atom. The number of hydrogen-bond donors (Lipinski definition) is 0. The van der Waals surface area contributed by atoms with Gasteiger partial charge in [-0.1, -0.05) is 48.2 Å². The summed E-state index contributed by atoms with van der Waals surface area (Å²) in [7, 11) is 0. The van der Waals surface area contributed by atoms with Crippen molar-refractivity contribution in [2.75, 3.05) is 24.7 Å². The van der Waals surface area contributed by atoms with Gasteiger partial charge >= 0.3 is 17.9 Å². The van der Waals surface area contributed by atoms with Gasteiger partial charge in [0.1, 0.15) is 5.03 Å². The van der Waals surface area contributed by atoms with Crippen molar-refractivity contribution in [3.63, 3.8) is 0 Å². The maximum atomic E-state index is 12.8. The van der Waals surface area contributed by atoms with E-state index < -0.39 is 17.9 Å². The molecule has 3 rings (SSSR count). The van der Waals surface area contributed by atoms with Crippen LogP contribution in [0, 0.1) is 0 Å². The molecule has 0 unspecified atom stereocenters. The van der Waals surface area contributed by atoms with Gasteiger partial charge in [0, 0.05) is 11.1 Å². The van der Waals surface area contributed by atoms with Crippen molar-refractivity contribution in [2.24, 2.45) is 0 Å². The van der Waals surface area contributed by atoms with Crippen LogP contribution >= 0.6 is 11.8 Å². The lowest BCUT2D eigenvalue weighted by molar-refractivity contribution is -0.146. The van der Waals surface area contributed by atoms with Gasteiger partial charge in [-0.2, -0.15) is 0 Å². The highest BCUT2D eigenvalue weighted by atomic mass is 32.2. The molecule has 2 aromatic rings. The van der Waals surface area contributed by atoms with Crippen molar-refractivity contribution < 1.29 is 28.6 Å². The van der Waals surface area contributed by atoms with Crippen LogP contribution in [0.1, 0.15) is 27.2 Å². The summed E-state index contributed by atoms with van der Waals surface area (Å²) in [4.78, 5) is 39.6. The van der Waals surface area contributed by atoms with Crippen LogP contribution in [0.2, 0.25) is 0 Å². The van der Waals surface area contributed by atoms with Crippen molar-refractivity contribution in [3.05, 3.63) is 64.2 Å². The number of anilines is 1. The number of nitrogens with zero attached hydrogens (tertiary/aromatic N) is 1. The number of rotatable bonds is 8. The first-order valence-electron chi connectivity index (χ1n) is 10.4. The molecule has 2 aromatic carbocycles. The largest absolute Gasteiger partial charge is 0.466 e. The van der Waals surface area contributed by atoms with E-state index in [2.05, 4.69) is 0 Å². The number of carbonyl (C=O) groups is 3. The average Bonchev–Trinajstić information content (AvgIpc) is 3.16.